The number of hydrogen-bond donors (Lipinski definition) is 1. The molecule has 2 atom stereocenters. The number of aliphatic carboxylic acids is 1. The Hall–Kier alpha value is -3.00. The highest BCUT2D eigenvalue weighted by atomic mass is 35.5. The molecule has 0 fully saturated rings. The predicted octanol–water partition coefficient (Wildman–Crippen LogP) is 6.53. The van der Waals surface area contributed by atoms with E-state index in [2.05, 4.69) is 0 Å². The molecule has 3 rings (SSSR count). The quantitative estimate of drug-likeness (QED) is 0.434. The Bertz CT molecular complexity index is 1220. The zero-order chi connectivity index (χ0) is 24.7. The van der Waals surface area contributed by atoms with Crippen molar-refractivity contribution in [3.8, 4) is 5.75 Å². The largest absolute Gasteiger partial charge is 0.495 e. The summed E-state index contributed by atoms with van der Waals surface area (Å²) in [5.74, 6) is -2.47. The minimum absolute atomic E-state index is 0.0249. The molecule has 0 radical (unpaired) electrons. The number of rotatable bonds is 6. The van der Waals surface area contributed by atoms with Crippen molar-refractivity contribution < 1.29 is 32.6 Å². The van der Waals surface area contributed by atoms with Gasteiger partial charge in [0.1, 0.15) is 5.75 Å². The minimum atomic E-state index is -4.53. The third kappa shape index (κ3) is 4.44. The molecular formula is C24H23ClF3NO4. The number of ether oxygens (including phenoxy) is 1. The maximum absolute atomic E-state index is 13.4. The summed E-state index contributed by atoms with van der Waals surface area (Å²) in [6, 6.07) is 6.97. The Morgan fingerprint density at radius 1 is 1.18 bits per heavy atom. The van der Waals surface area contributed by atoms with Crippen LogP contribution in [0.4, 0.5) is 13.2 Å². The van der Waals surface area contributed by atoms with Gasteiger partial charge in [0.25, 0.3) is 5.91 Å². The van der Waals surface area contributed by atoms with Crippen molar-refractivity contribution in [1.29, 1.82) is 0 Å². The monoisotopic (exact) mass is 481 g/mol. The number of fused-ring (bicyclic) bond motifs is 1. The maximum atomic E-state index is 13.4. The Morgan fingerprint density at radius 3 is 2.27 bits per heavy atom. The molecule has 0 aliphatic carbocycles. The maximum Gasteiger partial charge on any atom is 0.416 e. The van der Waals surface area contributed by atoms with Gasteiger partial charge in [0, 0.05) is 16.6 Å². The normalized spacial score (nSPS) is 13.7. The second-order valence-corrected chi connectivity index (χ2v) is 8.33. The van der Waals surface area contributed by atoms with Gasteiger partial charge in [0.15, 0.2) is 0 Å². The van der Waals surface area contributed by atoms with Crippen molar-refractivity contribution in [3.63, 3.8) is 0 Å². The molecule has 0 saturated heterocycles. The summed E-state index contributed by atoms with van der Waals surface area (Å²) >= 11 is 6.30. The van der Waals surface area contributed by atoms with Gasteiger partial charge in [-0.05, 0) is 54.8 Å². The second-order valence-electron chi connectivity index (χ2n) is 7.92. The molecule has 0 saturated carbocycles. The standard InChI is InChI=1S/C24H23ClF3NO4/c1-5-12(2)20(23(31)32)21-13(3)29(18-11-17(25)19(33-4)10-16(18)21)22(30)14-6-8-15(9-7-14)24(26,27)28/h6-12,20H,5H2,1-4H3,(H,31,32)/t12?,20-/m1/s1. The zero-order valence-corrected chi connectivity index (χ0v) is 19.2. The van der Waals surface area contributed by atoms with Crippen LogP contribution in [0, 0.1) is 12.8 Å². The summed E-state index contributed by atoms with van der Waals surface area (Å²) in [7, 11) is 1.42. The Labute approximate surface area is 193 Å². The fourth-order valence-corrected chi connectivity index (χ4v) is 4.30. The predicted molar refractivity (Wildman–Crippen MR) is 119 cm³/mol. The first-order chi connectivity index (χ1) is 15.4. The van der Waals surface area contributed by atoms with E-state index in [-0.39, 0.29) is 16.5 Å². The van der Waals surface area contributed by atoms with Gasteiger partial charge in [-0.15, -0.1) is 0 Å². The number of aromatic nitrogens is 1. The van der Waals surface area contributed by atoms with E-state index in [0.29, 0.717) is 34.3 Å². The molecule has 1 unspecified atom stereocenters. The number of halogens is 4. The first-order valence-corrected chi connectivity index (χ1v) is 10.6. The summed E-state index contributed by atoms with van der Waals surface area (Å²) in [5.41, 5.74) is 0.336. The van der Waals surface area contributed by atoms with Gasteiger partial charge in [-0.1, -0.05) is 31.9 Å². The number of alkyl halides is 3. The first-order valence-electron chi connectivity index (χ1n) is 10.3. The van der Waals surface area contributed by atoms with Crippen molar-refractivity contribution in [2.75, 3.05) is 7.11 Å². The van der Waals surface area contributed by atoms with Crippen LogP contribution in [0.2, 0.25) is 5.02 Å². The highest BCUT2D eigenvalue weighted by molar-refractivity contribution is 6.33. The Balaban J connectivity index is 2.30. The molecule has 1 N–H and O–H groups in total. The van der Waals surface area contributed by atoms with Crippen molar-refractivity contribution in [3.05, 3.63) is 63.8 Å². The molecule has 0 aliphatic rings. The molecule has 3 aromatic rings. The molecule has 0 amide bonds. The van der Waals surface area contributed by atoms with Crippen LogP contribution in [0.5, 0.6) is 5.75 Å². The molecule has 9 heteroatoms. The average molecular weight is 482 g/mol. The topological polar surface area (TPSA) is 68.5 Å². The summed E-state index contributed by atoms with van der Waals surface area (Å²) in [6.45, 7) is 5.31. The van der Waals surface area contributed by atoms with Crippen LogP contribution in [0.25, 0.3) is 10.9 Å². The average Bonchev–Trinajstić information content (AvgIpc) is 3.02. The van der Waals surface area contributed by atoms with E-state index in [0.717, 1.165) is 24.3 Å². The fraction of sp³-hybridized carbons (Fsp3) is 0.333. The van der Waals surface area contributed by atoms with E-state index in [1.54, 1.807) is 13.0 Å². The summed E-state index contributed by atoms with van der Waals surface area (Å²) in [5, 5.41) is 10.7. The van der Waals surface area contributed by atoms with Gasteiger partial charge < -0.3 is 9.84 Å². The molecule has 1 heterocycles. The third-order valence-electron chi connectivity index (χ3n) is 5.98. The number of carbonyl (C=O) groups excluding carboxylic acids is 1. The molecule has 5 nitrogen and oxygen atoms in total. The number of methoxy groups -OCH3 is 1. The van der Waals surface area contributed by atoms with Gasteiger partial charge in [0.05, 0.1) is 29.1 Å². The summed E-state index contributed by atoms with van der Waals surface area (Å²) < 4.78 is 45.4. The van der Waals surface area contributed by atoms with Crippen molar-refractivity contribution in [2.24, 2.45) is 5.92 Å². The van der Waals surface area contributed by atoms with Gasteiger partial charge >= 0.3 is 12.1 Å². The SMILES string of the molecule is CCC(C)[C@@H](C(=O)O)c1c(C)n(C(=O)c2ccc(C(F)(F)F)cc2)c2cc(Cl)c(OC)cc12. The molecule has 0 spiro atoms. The lowest BCUT2D eigenvalue weighted by Crippen LogP contribution is -2.21. The van der Waals surface area contributed by atoms with Gasteiger partial charge in [-0.2, -0.15) is 13.2 Å². The van der Waals surface area contributed by atoms with Crippen molar-refractivity contribution in [1.82, 2.24) is 4.57 Å². The number of carboxylic acid groups (broad SMARTS) is 1. The van der Waals surface area contributed by atoms with Crippen LogP contribution in [0.15, 0.2) is 36.4 Å². The van der Waals surface area contributed by atoms with Crippen LogP contribution in [0.3, 0.4) is 0 Å². The van der Waals surface area contributed by atoms with E-state index in [9.17, 15) is 27.9 Å². The Kier molecular flexibility index (Phi) is 6.79. The molecule has 1 aromatic heterocycles. The van der Waals surface area contributed by atoms with Crippen molar-refractivity contribution in [2.45, 2.75) is 39.3 Å². The van der Waals surface area contributed by atoms with E-state index < -0.39 is 29.5 Å². The Morgan fingerprint density at radius 2 is 1.79 bits per heavy atom. The van der Waals surface area contributed by atoms with Crippen LogP contribution in [-0.4, -0.2) is 28.7 Å². The van der Waals surface area contributed by atoms with Crippen molar-refractivity contribution >= 4 is 34.4 Å². The highest BCUT2D eigenvalue weighted by Crippen LogP contribution is 2.41. The summed E-state index contributed by atoms with van der Waals surface area (Å²) in [6.07, 6.45) is -3.94. The first kappa shape index (κ1) is 24.6. The van der Waals surface area contributed by atoms with Gasteiger partial charge in [-0.3, -0.25) is 14.2 Å². The fourth-order valence-electron chi connectivity index (χ4n) is 4.07. The molecule has 176 valence electrons. The zero-order valence-electron chi connectivity index (χ0n) is 18.5. The number of benzene rings is 2. The van der Waals surface area contributed by atoms with E-state index in [1.807, 2.05) is 13.8 Å². The van der Waals surface area contributed by atoms with Crippen LogP contribution < -0.4 is 4.74 Å². The molecule has 0 bridgehead atoms. The van der Waals surface area contributed by atoms with Gasteiger partial charge in [-0.25, -0.2) is 0 Å². The van der Waals surface area contributed by atoms with E-state index >= 15 is 0 Å². The lowest BCUT2D eigenvalue weighted by Gasteiger charge is -2.20. The van der Waals surface area contributed by atoms with Crippen LogP contribution in [0.1, 0.15) is 53.4 Å². The van der Waals surface area contributed by atoms with E-state index in [1.165, 1.54) is 17.7 Å². The van der Waals surface area contributed by atoms with Crippen LogP contribution in [-0.2, 0) is 11.0 Å². The van der Waals surface area contributed by atoms with E-state index in [4.69, 9.17) is 16.3 Å². The molecule has 2 aromatic carbocycles. The highest BCUT2D eigenvalue weighted by Gasteiger charge is 2.34. The lowest BCUT2D eigenvalue weighted by atomic mass is 9.84. The van der Waals surface area contributed by atoms with Crippen LogP contribution >= 0.6 is 11.6 Å². The molecule has 0 aliphatic heterocycles. The van der Waals surface area contributed by atoms with Gasteiger partial charge in [0.2, 0.25) is 0 Å². The number of carboxylic acids is 1. The number of hydrogen-bond acceptors (Lipinski definition) is 3. The lowest BCUT2D eigenvalue weighted by molar-refractivity contribution is -0.140. The number of nitrogens with zero attached hydrogens (tertiary/aromatic N) is 1. The smallest absolute Gasteiger partial charge is 0.416 e. The molecule has 33 heavy (non-hydrogen) atoms. The third-order valence-corrected chi connectivity index (χ3v) is 6.27. The minimum Gasteiger partial charge on any atom is -0.495 e. The summed E-state index contributed by atoms with van der Waals surface area (Å²) in [4.78, 5) is 25.7. The molecular weight excluding hydrogens is 459 g/mol. The second kappa shape index (κ2) is 9.09. The number of carbonyl (C=O) groups is 2.